The predicted molar refractivity (Wildman–Crippen MR) is 82.5 cm³/mol. The lowest BCUT2D eigenvalue weighted by molar-refractivity contribution is 0.424. The third kappa shape index (κ3) is 6.26. The van der Waals surface area contributed by atoms with Gasteiger partial charge in [-0.05, 0) is 29.8 Å². The lowest BCUT2D eigenvalue weighted by atomic mass is 9.75. The summed E-state index contributed by atoms with van der Waals surface area (Å²) in [6, 6.07) is 7.62. The maximum Gasteiger partial charge on any atom is 0.488 e. The summed E-state index contributed by atoms with van der Waals surface area (Å²) in [5.41, 5.74) is 1.72. The maximum atomic E-state index is 9.33. The molecular weight excluding hydrogens is 235 g/mol. The first-order valence-corrected chi connectivity index (χ1v) is 7.59. The van der Waals surface area contributed by atoms with Gasteiger partial charge in [0.15, 0.2) is 0 Å². The van der Waals surface area contributed by atoms with Gasteiger partial charge in [-0.2, -0.15) is 0 Å². The van der Waals surface area contributed by atoms with Crippen molar-refractivity contribution in [3.05, 3.63) is 29.8 Å². The van der Waals surface area contributed by atoms with Gasteiger partial charge >= 0.3 is 7.12 Å². The molecule has 0 spiro atoms. The molecule has 0 fully saturated rings. The van der Waals surface area contributed by atoms with Crippen LogP contribution in [0.4, 0.5) is 0 Å². The van der Waals surface area contributed by atoms with Crippen molar-refractivity contribution in [3.8, 4) is 0 Å². The Kier molecular flexibility index (Phi) is 7.84. The highest BCUT2D eigenvalue weighted by Gasteiger charge is 2.15. The summed E-state index contributed by atoms with van der Waals surface area (Å²) in [6.07, 6.45) is 8.62. The smallest absolute Gasteiger partial charge is 0.423 e. The normalized spacial score (nSPS) is 12.4. The Labute approximate surface area is 118 Å². The first-order chi connectivity index (χ1) is 9.15. The SMILES string of the molecule is CCCCCCC(C)CCc1ccccc1B(O)O. The van der Waals surface area contributed by atoms with Crippen molar-refractivity contribution >= 4 is 12.6 Å². The molecule has 1 aromatic rings. The number of rotatable bonds is 9. The molecule has 1 aromatic carbocycles. The fraction of sp³-hybridized carbons (Fsp3) is 0.625. The summed E-state index contributed by atoms with van der Waals surface area (Å²) in [6.45, 7) is 4.53. The lowest BCUT2D eigenvalue weighted by Gasteiger charge is -2.13. The van der Waals surface area contributed by atoms with E-state index in [0.717, 1.165) is 18.4 Å². The van der Waals surface area contributed by atoms with E-state index in [-0.39, 0.29) is 0 Å². The highest BCUT2D eigenvalue weighted by atomic mass is 16.4. The molecule has 0 saturated heterocycles. The van der Waals surface area contributed by atoms with Crippen LogP contribution in [0, 0.1) is 5.92 Å². The lowest BCUT2D eigenvalue weighted by Crippen LogP contribution is -2.33. The van der Waals surface area contributed by atoms with Crippen LogP contribution < -0.4 is 5.46 Å². The molecule has 0 radical (unpaired) electrons. The Bertz CT molecular complexity index is 352. The molecular formula is C16H27BO2. The molecule has 0 heterocycles. The van der Waals surface area contributed by atoms with Crippen LogP contribution >= 0.6 is 0 Å². The van der Waals surface area contributed by atoms with Crippen molar-refractivity contribution in [1.29, 1.82) is 0 Å². The van der Waals surface area contributed by atoms with Crippen molar-refractivity contribution in [2.45, 2.75) is 58.8 Å². The van der Waals surface area contributed by atoms with Crippen molar-refractivity contribution in [3.63, 3.8) is 0 Å². The van der Waals surface area contributed by atoms with Gasteiger partial charge in [0.2, 0.25) is 0 Å². The first-order valence-electron chi connectivity index (χ1n) is 7.59. The molecule has 0 aromatic heterocycles. The Morgan fingerprint density at radius 3 is 2.47 bits per heavy atom. The van der Waals surface area contributed by atoms with Crippen molar-refractivity contribution in [2.24, 2.45) is 5.92 Å². The number of aryl methyl sites for hydroxylation is 1. The van der Waals surface area contributed by atoms with Gasteiger partial charge in [0.25, 0.3) is 0 Å². The number of unbranched alkanes of at least 4 members (excludes halogenated alkanes) is 3. The molecule has 106 valence electrons. The van der Waals surface area contributed by atoms with Gasteiger partial charge < -0.3 is 10.0 Å². The third-order valence-corrected chi connectivity index (χ3v) is 3.79. The molecule has 1 rings (SSSR count). The van der Waals surface area contributed by atoms with E-state index in [9.17, 15) is 10.0 Å². The van der Waals surface area contributed by atoms with Crippen LogP contribution in [0.3, 0.4) is 0 Å². The maximum absolute atomic E-state index is 9.33. The molecule has 3 heteroatoms. The van der Waals surface area contributed by atoms with E-state index in [4.69, 9.17) is 0 Å². The second kappa shape index (κ2) is 9.16. The van der Waals surface area contributed by atoms with Crippen LogP contribution in [0.1, 0.15) is 57.9 Å². The number of hydrogen-bond acceptors (Lipinski definition) is 2. The standard InChI is InChI=1S/C16H27BO2/c1-3-4-5-6-9-14(2)12-13-15-10-7-8-11-16(15)17(18)19/h7-8,10-11,14,18-19H,3-6,9,12-13H2,1-2H3. The largest absolute Gasteiger partial charge is 0.488 e. The average molecular weight is 262 g/mol. The van der Waals surface area contributed by atoms with Gasteiger partial charge in [0.05, 0.1) is 0 Å². The molecule has 2 N–H and O–H groups in total. The van der Waals surface area contributed by atoms with Crippen LogP contribution in [0.2, 0.25) is 0 Å². The minimum Gasteiger partial charge on any atom is -0.423 e. The summed E-state index contributed by atoms with van der Waals surface area (Å²) in [5.74, 6) is 0.709. The van der Waals surface area contributed by atoms with Crippen LogP contribution in [-0.2, 0) is 6.42 Å². The summed E-state index contributed by atoms with van der Waals surface area (Å²) < 4.78 is 0. The van der Waals surface area contributed by atoms with Crippen LogP contribution in [0.25, 0.3) is 0 Å². The fourth-order valence-electron chi connectivity index (χ4n) is 2.48. The molecule has 0 saturated carbocycles. The summed E-state index contributed by atoms with van der Waals surface area (Å²) in [5, 5.41) is 18.7. The van der Waals surface area contributed by atoms with E-state index in [1.165, 1.54) is 32.1 Å². The Morgan fingerprint density at radius 1 is 1.05 bits per heavy atom. The van der Waals surface area contributed by atoms with E-state index in [2.05, 4.69) is 13.8 Å². The zero-order chi connectivity index (χ0) is 14.1. The number of hydrogen-bond donors (Lipinski definition) is 2. The van der Waals surface area contributed by atoms with Crippen molar-refractivity contribution in [2.75, 3.05) is 0 Å². The monoisotopic (exact) mass is 262 g/mol. The summed E-state index contributed by atoms with van der Waals surface area (Å²) in [7, 11) is -1.35. The molecule has 0 aliphatic rings. The predicted octanol–water partition coefficient (Wildman–Crippen LogP) is 2.91. The molecule has 1 atom stereocenters. The Morgan fingerprint density at radius 2 is 1.79 bits per heavy atom. The van der Waals surface area contributed by atoms with Crippen molar-refractivity contribution < 1.29 is 10.0 Å². The molecule has 0 bridgehead atoms. The second-order valence-electron chi connectivity index (χ2n) is 5.57. The van der Waals surface area contributed by atoms with Gasteiger partial charge in [-0.1, -0.05) is 70.2 Å². The fourth-order valence-corrected chi connectivity index (χ4v) is 2.48. The van der Waals surface area contributed by atoms with E-state index >= 15 is 0 Å². The van der Waals surface area contributed by atoms with E-state index < -0.39 is 7.12 Å². The minimum atomic E-state index is -1.35. The summed E-state index contributed by atoms with van der Waals surface area (Å²) >= 11 is 0. The van der Waals surface area contributed by atoms with E-state index in [1.54, 1.807) is 6.07 Å². The van der Waals surface area contributed by atoms with Gasteiger partial charge in [-0.15, -0.1) is 0 Å². The Balaban J connectivity index is 2.35. The second-order valence-corrected chi connectivity index (χ2v) is 5.57. The topological polar surface area (TPSA) is 40.5 Å². The molecule has 1 unspecified atom stereocenters. The van der Waals surface area contributed by atoms with Gasteiger partial charge in [-0.25, -0.2) is 0 Å². The molecule has 0 aliphatic carbocycles. The van der Waals surface area contributed by atoms with E-state index in [1.807, 2.05) is 18.2 Å². The zero-order valence-corrected chi connectivity index (χ0v) is 12.3. The molecule has 0 aliphatic heterocycles. The third-order valence-electron chi connectivity index (χ3n) is 3.79. The quantitative estimate of drug-likeness (QED) is 0.530. The molecule has 19 heavy (non-hydrogen) atoms. The minimum absolute atomic E-state index is 0.653. The molecule has 0 amide bonds. The highest BCUT2D eigenvalue weighted by molar-refractivity contribution is 6.59. The van der Waals surface area contributed by atoms with Crippen molar-refractivity contribution in [1.82, 2.24) is 0 Å². The highest BCUT2D eigenvalue weighted by Crippen LogP contribution is 2.16. The number of benzene rings is 1. The Hall–Kier alpha value is -0.795. The van der Waals surface area contributed by atoms with Crippen LogP contribution in [-0.4, -0.2) is 17.2 Å². The van der Waals surface area contributed by atoms with Gasteiger partial charge in [0.1, 0.15) is 0 Å². The van der Waals surface area contributed by atoms with Gasteiger partial charge in [-0.3, -0.25) is 0 Å². The van der Waals surface area contributed by atoms with Crippen LogP contribution in [0.15, 0.2) is 24.3 Å². The first kappa shape index (κ1) is 16.3. The van der Waals surface area contributed by atoms with Gasteiger partial charge in [0, 0.05) is 0 Å². The average Bonchev–Trinajstić information content (AvgIpc) is 2.41. The van der Waals surface area contributed by atoms with Crippen LogP contribution in [0.5, 0.6) is 0 Å². The zero-order valence-electron chi connectivity index (χ0n) is 12.3. The van der Waals surface area contributed by atoms with E-state index in [0.29, 0.717) is 11.4 Å². The summed E-state index contributed by atoms with van der Waals surface area (Å²) in [4.78, 5) is 0. The molecule has 2 nitrogen and oxygen atoms in total.